The summed E-state index contributed by atoms with van der Waals surface area (Å²) < 4.78 is 5.86. The van der Waals surface area contributed by atoms with Crippen molar-refractivity contribution in [3.8, 4) is 5.75 Å². The normalized spacial score (nSPS) is 17.2. The van der Waals surface area contributed by atoms with Gasteiger partial charge >= 0.3 is 0 Å². The third-order valence-corrected chi connectivity index (χ3v) is 4.96. The van der Waals surface area contributed by atoms with Crippen molar-refractivity contribution in [3.63, 3.8) is 0 Å². The first-order valence-electron chi connectivity index (χ1n) is 8.43. The van der Waals surface area contributed by atoms with Crippen molar-refractivity contribution in [3.05, 3.63) is 29.8 Å². The second-order valence-corrected chi connectivity index (χ2v) is 7.50. The van der Waals surface area contributed by atoms with Crippen molar-refractivity contribution in [2.24, 2.45) is 5.92 Å². The third kappa shape index (κ3) is 7.77. The number of amides is 1. The Morgan fingerprint density at radius 2 is 2.21 bits per heavy atom. The fourth-order valence-electron chi connectivity index (χ4n) is 2.44. The average molecular weight is 373 g/mol. The summed E-state index contributed by atoms with van der Waals surface area (Å²) in [5, 5.41) is 6.41. The van der Waals surface area contributed by atoms with E-state index < -0.39 is 0 Å². The van der Waals surface area contributed by atoms with Gasteiger partial charge in [-0.05, 0) is 18.4 Å². The van der Waals surface area contributed by atoms with Gasteiger partial charge in [-0.1, -0.05) is 32.0 Å². The molecule has 4 nitrogen and oxygen atoms in total. The monoisotopic (exact) mass is 372 g/mol. The lowest BCUT2D eigenvalue weighted by molar-refractivity contribution is -0.121. The number of benzene rings is 1. The minimum atomic E-state index is 0. The predicted molar refractivity (Wildman–Crippen MR) is 104 cm³/mol. The molecule has 1 aliphatic rings. The molecule has 0 radical (unpaired) electrons. The largest absolute Gasteiger partial charge is 0.493 e. The molecule has 1 aliphatic heterocycles. The Kier molecular flexibility index (Phi) is 10.2. The van der Waals surface area contributed by atoms with E-state index in [1.54, 1.807) is 0 Å². The molecule has 1 aromatic carbocycles. The summed E-state index contributed by atoms with van der Waals surface area (Å²) in [7, 11) is 0. The molecule has 1 atom stereocenters. The quantitative estimate of drug-likeness (QED) is 0.735. The highest BCUT2D eigenvalue weighted by molar-refractivity contribution is 7.99. The SMILES string of the molecule is CC(C)CCOc1ccccc1CNC(=O)CC1CSCCN1.Cl. The lowest BCUT2D eigenvalue weighted by Gasteiger charge is -2.22. The van der Waals surface area contributed by atoms with Gasteiger partial charge in [-0.15, -0.1) is 12.4 Å². The predicted octanol–water partition coefficient (Wildman–Crippen LogP) is 3.24. The van der Waals surface area contributed by atoms with Gasteiger partial charge in [0.1, 0.15) is 5.75 Å². The van der Waals surface area contributed by atoms with Gasteiger partial charge in [0.15, 0.2) is 0 Å². The summed E-state index contributed by atoms with van der Waals surface area (Å²) in [4.78, 5) is 12.1. The second-order valence-electron chi connectivity index (χ2n) is 6.35. The number of hydrogen-bond donors (Lipinski definition) is 2. The Hall–Kier alpha value is -0.910. The molecule has 6 heteroatoms. The second kappa shape index (κ2) is 11.6. The van der Waals surface area contributed by atoms with Crippen LogP contribution in [0.4, 0.5) is 0 Å². The standard InChI is InChI=1S/C18H28N2O2S.ClH/c1-14(2)7-9-22-17-6-4-3-5-15(17)12-20-18(21)11-16-13-23-10-8-19-16;/h3-6,14,16,19H,7-13H2,1-2H3,(H,20,21);1H. The lowest BCUT2D eigenvalue weighted by Crippen LogP contribution is -2.41. The molecule has 2 rings (SSSR count). The van der Waals surface area contributed by atoms with E-state index in [1.807, 2.05) is 36.0 Å². The first kappa shape index (κ1) is 21.1. The summed E-state index contributed by atoms with van der Waals surface area (Å²) in [6.45, 7) is 6.61. The van der Waals surface area contributed by atoms with Gasteiger partial charge in [0, 0.05) is 42.6 Å². The molecule has 1 unspecified atom stereocenters. The lowest BCUT2D eigenvalue weighted by atomic mass is 10.1. The highest BCUT2D eigenvalue weighted by Gasteiger charge is 2.16. The minimum absolute atomic E-state index is 0. The average Bonchev–Trinajstić information content (AvgIpc) is 2.54. The molecule has 1 fully saturated rings. The molecule has 0 aromatic heterocycles. The number of ether oxygens (including phenoxy) is 1. The molecule has 0 saturated carbocycles. The van der Waals surface area contributed by atoms with Crippen molar-refractivity contribution in [2.45, 2.75) is 39.3 Å². The van der Waals surface area contributed by atoms with Gasteiger partial charge in [-0.3, -0.25) is 4.79 Å². The zero-order chi connectivity index (χ0) is 16.5. The van der Waals surface area contributed by atoms with E-state index in [2.05, 4.69) is 24.5 Å². The molecule has 2 N–H and O–H groups in total. The maximum Gasteiger partial charge on any atom is 0.221 e. The van der Waals surface area contributed by atoms with Crippen LogP contribution in [0.2, 0.25) is 0 Å². The third-order valence-electron chi connectivity index (χ3n) is 3.83. The van der Waals surface area contributed by atoms with Gasteiger partial charge in [0.25, 0.3) is 0 Å². The van der Waals surface area contributed by atoms with Crippen LogP contribution in [0, 0.1) is 5.92 Å². The molecule has 0 bridgehead atoms. The fraction of sp³-hybridized carbons (Fsp3) is 0.611. The van der Waals surface area contributed by atoms with Gasteiger partial charge in [-0.2, -0.15) is 11.8 Å². The zero-order valence-electron chi connectivity index (χ0n) is 14.5. The van der Waals surface area contributed by atoms with E-state index in [0.29, 0.717) is 31.5 Å². The fourth-order valence-corrected chi connectivity index (χ4v) is 3.38. The maximum atomic E-state index is 12.1. The smallest absolute Gasteiger partial charge is 0.221 e. The highest BCUT2D eigenvalue weighted by Crippen LogP contribution is 2.18. The Morgan fingerprint density at radius 1 is 1.42 bits per heavy atom. The number of para-hydroxylation sites is 1. The van der Waals surface area contributed by atoms with Crippen molar-refractivity contribution in [1.29, 1.82) is 0 Å². The summed E-state index contributed by atoms with van der Waals surface area (Å²) in [6, 6.07) is 8.24. The van der Waals surface area contributed by atoms with E-state index in [0.717, 1.165) is 35.8 Å². The van der Waals surface area contributed by atoms with Crippen LogP contribution in [0.1, 0.15) is 32.3 Å². The van der Waals surface area contributed by atoms with Gasteiger partial charge in [-0.25, -0.2) is 0 Å². The van der Waals surface area contributed by atoms with Crippen LogP contribution in [0.3, 0.4) is 0 Å². The van der Waals surface area contributed by atoms with Crippen molar-refractivity contribution >= 4 is 30.1 Å². The maximum absolute atomic E-state index is 12.1. The van der Waals surface area contributed by atoms with Crippen LogP contribution in [-0.2, 0) is 11.3 Å². The van der Waals surface area contributed by atoms with E-state index >= 15 is 0 Å². The number of carbonyl (C=O) groups excluding carboxylic acids is 1. The molecule has 136 valence electrons. The molecule has 1 aromatic rings. The van der Waals surface area contributed by atoms with Gasteiger partial charge in [0.2, 0.25) is 5.91 Å². The van der Waals surface area contributed by atoms with Crippen LogP contribution in [0.25, 0.3) is 0 Å². The Morgan fingerprint density at radius 3 is 2.92 bits per heavy atom. The Bertz CT molecular complexity index is 494. The van der Waals surface area contributed by atoms with E-state index in [4.69, 9.17) is 4.74 Å². The van der Waals surface area contributed by atoms with Crippen LogP contribution in [-0.4, -0.2) is 36.6 Å². The number of halogens is 1. The Balaban J connectivity index is 0.00000288. The van der Waals surface area contributed by atoms with E-state index in [9.17, 15) is 4.79 Å². The number of nitrogens with one attached hydrogen (secondary N) is 2. The zero-order valence-corrected chi connectivity index (χ0v) is 16.2. The van der Waals surface area contributed by atoms with Crippen LogP contribution in [0.15, 0.2) is 24.3 Å². The van der Waals surface area contributed by atoms with Gasteiger partial charge < -0.3 is 15.4 Å². The molecular formula is C18H29ClN2O2S. The summed E-state index contributed by atoms with van der Waals surface area (Å²) >= 11 is 1.91. The highest BCUT2D eigenvalue weighted by atomic mass is 35.5. The number of carbonyl (C=O) groups is 1. The van der Waals surface area contributed by atoms with Crippen molar-refractivity contribution in [2.75, 3.05) is 24.7 Å². The Labute approximate surface area is 155 Å². The van der Waals surface area contributed by atoms with Gasteiger partial charge in [0.05, 0.1) is 6.61 Å². The molecule has 0 aliphatic carbocycles. The van der Waals surface area contributed by atoms with Crippen molar-refractivity contribution in [1.82, 2.24) is 10.6 Å². The first-order valence-corrected chi connectivity index (χ1v) is 9.59. The first-order chi connectivity index (χ1) is 11.1. The molecule has 0 spiro atoms. The topological polar surface area (TPSA) is 50.4 Å². The summed E-state index contributed by atoms with van der Waals surface area (Å²) in [6.07, 6.45) is 1.58. The molecule has 1 heterocycles. The number of rotatable bonds is 8. The summed E-state index contributed by atoms with van der Waals surface area (Å²) in [5.41, 5.74) is 1.04. The van der Waals surface area contributed by atoms with Crippen molar-refractivity contribution < 1.29 is 9.53 Å². The summed E-state index contributed by atoms with van der Waals surface area (Å²) in [5.74, 6) is 3.76. The van der Waals surface area contributed by atoms with E-state index in [1.165, 1.54) is 0 Å². The number of thioether (sulfide) groups is 1. The molecule has 1 amide bonds. The molecular weight excluding hydrogens is 344 g/mol. The molecule has 1 saturated heterocycles. The molecule has 24 heavy (non-hydrogen) atoms. The minimum Gasteiger partial charge on any atom is -0.493 e. The number of hydrogen-bond acceptors (Lipinski definition) is 4. The van der Waals surface area contributed by atoms with Crippen LogP contribution < -0.4 is 15.4 Å². The van der Waals surface area contributed by atoms with E-state index in [-0.39, 0.29) is 18.3 Å². The van der Waals surface area contributed by atoms with Crippen LogP contribution >= 0.6 is 24.2 Å². The van der Waals surface area contributed by atoms with Crippen LogP contribution in [0.5, 0.6) is 5.75 Å².